The predicted octanol–water partition coefficient (Wildman–Crippen LogP) is 2.80. The number of nitrogens with zero attached hydrogens (tertiary/aromatic N) is 2. The highest BCUT2D eigenvalue weighted by molar-refractivity contribution is 5.40. The molecular weight excluding hydrogens is 250 g/mol. The van der Waals surface area contributed by atoms with Crippen LogP contribution in [0.3, 0.4) is 0 Å². The zero-order chi connectivity index (χ0) is 13.8. The summed E-state index contributed by atoms with van der Waals surface area (Å²) in [7, 11) is 0. The molecule has 0 radical (unpaired) electrons. The lowest BCUT2D eigenvalue weighted by Gasteiger charge is -2.34. The zero-order valence-corrected chi connectivity index (χ0v) is 11.7. The average molecular weight is 269 g/mol. The van der Waals surface area contributed by atoms with E-state index >= 15 is 0 Å². The minimum absolute atomic E-state index is 0.0582. The molecule has 2 N–H and O–H groups in total. The van der Waals surface area contributed by atoms with E-state index in [0.29, 0.717) is 5.82 Å². The lowest BCUT2D eigenvalue weighted by atomic mass is 9.77. The van der Waals surface area contributed by atoms with Gasteiger partial charge in [-0.05, 0) is 44.6 Å². The first-order chi connectivity index (χ1) is 9.62. The van der Waals surface area contributed by atoms with Crippen LogP contribution in [0.1, 0.15) is 54.9 Å². The summed E-state index contributed by atoms with van der Waals surface area (Å²) in [5.74, 6) is 1.44. The monoisotopic (exact) mass is 269 g/mol. The Morgan fingerprint density at radius 1 is 1.20 bits per heavy atom. The Labute approximate surface area is 118 Å². The molecule has 0 atom stereocenters. The van der Waals surface area contributed by atoms with Crippen molar-refractivity contribution in [2.75, 3.05) is 0 Å². The number of hydrogen-bond acceptors (Lipinski definition) is 4. The first kappa shape index (κ1) is 12.1. The number of aromatic nitrogens is 2. The molecule has 0 saturated heterocycles. The fraction of sp³-hybridized carbons (Fsp3) is 0.500. The molecule has 4 nitrogen and oxygen atoms in total. The van der Waals surface area contributed by atoms with Crippen molar-refractivity contribution >= 4 is 0 Å². The number of benzene rings is 1. The Hall–Kier alpha value is -1.68. The average Bonchev–Trinajstić information content (AvgIpc) is 3.07. The minimum atomic E-state index is -0.343. The third-order valence-corrected chi connectivity index (χ3v) is 4.85. The van der Waals surface area contributed by atoms with Gasteiger partial charge in [0.1, 0.15) is 0 Å². The second kappa shape index (κ2) is 3.92. The summed E-state index contributed by atoms with van der Waals surface area (Å²) in [5.41, 5.74) is 8.43. The lowest BCUT2D eigenvalue weighted by molar-refractivity contribution is 0.228. The molecule has 0 amide bonds. The molecule has 2 aliphatic rings. The van der Waals surface area contributed by atoms with Gasteiger partial charge < -0.3 is 10.3 Å². The van der Waals surface area contributed by atoms with Gasteiger partial charge in [0.15, 0.2) is 5.82 Å². The second-order valence-corrected chi connectivity index (χ2v) is 6.38. The Morgan fingerprint density at radius 3 is 2.60 bits per heavy atom. The van der Waals surface area contributed by atoms with Crippen LogP contribution in [-0.2, 0) is 11.0 Å². The quantitative estimate of drug-likeness (QED) is 0.930. The molecular formula is C16H19N3O. The van der Waals surface area contributed by atoms with Crippen LogP contribution < -0.4 is 5.73 Å². The SMILES string of the molecule is Cc1cccc(C2(c3nc(C4(N)CCC4)no3)CC2)c1. The van der Waals surface area contributed by atoms with Gasteiger partial charge in [-0.3, -0.25) is 0 Å². The van der Waals surface area contributed by atoms with Gasteiger partial charge >= 0.3 is 0 Å². The van der Waals surface area contributed by atoms with Crippen molar-refractivity contribution in [1.82, 2.24) is 10.1 Å². The topological polar surface area (TPSA) is 64.9 Å². The Balaban J connectivity index is 1.70. The van der Waals surface area contributed by atoms with Crippen molar-refractivity contribution in [3.8, 4) is 0 Å². The van der Waals surface area contributed by atoms with Gasteiger partial charge in [0, 0.05) is 0 Å². The molecule has 1 heterocycles. The molecule has 2 fully saturated rings. The fourth-order valence-electron chi connectivity index (χ4n) is 3.10. The van der Waals surface area contributed by atoms with Crippen molar-refractivity contribution < 1.29 is 4.52 Å². The molecule has 2 aromatic rings. The van der Waals surface area contributed by atoms with Crippen LogP contribution in [0, 0.1) is 6.92 Å². The second-order valence-electron chi connectivity index (χ2n) is 6.38. The van der Waals surface area contributed by atoms with Crippen molar-refractivity contribution in [2.24, 2.45) is 5.73 Å². The molecule has 20 heavy (non-hydrogen) atoms. The zero-order valence-electron chi connectivity index (χ0n) is 11.7. The van der Waals surface area contributed by atoms with Crippen LogP contribution in [-0.4, -0.2) is 10.1 Å². The van der Waals surface area contributed by atoms with Gasteiger partial charge in [0.25, 0.3) is 0 Å². The third kappa shape index (κ3) is 1.64. The first-order valence-electron chi connectivity index (χ1n) is 7.33. The predicted molar refractivity (Wildman–Crippen MR) is 75.2 cm³/mol. The molecule has 2 saturated carbocycles. The number of rotatable bonds is 3. The van der Waals surface area contributed by atoms with Crippen LogP contribution in [0.5, 0.6) is 0 Å². The lowest BCUT2D eigenvalue weighted by Crippen LogP contribution is -2.44. The maximum atomic E-state index is 6.28. The Morgan fingerprint density at radius 2 is 2.00 bits per heavy atom. The van der Waals surface area contributed by atoms with E-state index in [2.05, 4.69) is 41.3 Å². The fourth-order valence-corrected chi connectivity index (χ4v) is 3.10. The first-order valence-corrected chi connectivity index (χ1v) is 7.33. The van der Waals surface area contributed by atoms with Crippen LogP contribution in [0.25, 0.3) is 0 Å². The molecule has 0 aliphatic heterocycles. The molecule has 104 valence electrons. The highest BCUT2D eigenvalue weighted by atomic mass is 16.5. The number of aryl methyl sites for hydroxylation is 1. The van der Waals surface area contributed by atoms with Gasteiger partial charge in [-0.15, -0.1) is 0 Å². The van der Waals surface area contributed by atoms with E-state index in [1.807, 2.05) is 0 Å². The van der Waals surface area contributed by atoms with Gasteiger partial charge in [0.05, 0.1) is 11.0 Å². The maximum Gasteiger partial charge on any atom is 0.237 e. The normalized spacial score (nSPS) is 22.3. The summed E-state index contributed by atoms with van der Waals surface area (Å²) in [5, 5.41) is 4.15. The summed E-state index contributed by atoms with van der Waals surface area (Å²) in [6.45, 7) is 2.11. The highest BCUT2D eigenvalue weighted by Gasteiger charge is 2.52. The van der Waals surface area contributed by atoms with Crippen LogP contribution in [0.15, 0.2) is 28.8 Å². The van der Waals surface area contributed by atoms with Crippen molar-refractivity contribution in [3.63, 3.8) is 0 Å². The summed E-state index contributed by atoms with van der Waals surface area (Å²) in [6.07, 6.45) is 5.24. The highest BCUT2D eigenvalue weighted by Crippen LogP contribution is 2.53. The van der Waals surface area contributed by atoms with Gasteiger partial charge in [0.2, 0.25) is 5.89 Å². The smallest absolute Gasteiger partial charge is 0.237 e. The number of hydrogen-bond donors (Lipinski definition) is 1. The maximum absolute atomic E-state index is 6.28. The van der Waals surface area contributed by atoms with E-state index in [0.717, 1.165) is 38.0 Å². The van der Waals surface area contributed by atoms with E-state index in [9.17, 15) is 0 Å². The molecule has 0 bridgehead atoms. The van der Waals surface area contributed by atoms with Crippen molar-refractivity contribution in [1.29, 1.82) is 0 Å². The molecule has 1 aromatic heterocycles. The van der Waals surface area contributed by atoms with E-state index in [1.165, 1.54) is 11.1 Å². The molecule has 1 aromatic carbocycles. The van der Waals surface area contributed by atoms with Crippen LogP contribution in [0.2, 0.25) is 0 Å². The molecule has 2 aliphatic carbocycles. The minimum Gasteiger partial charge on any atom is -0.338 e. The van der Waals surface area contributed by atoms with Crippen molar-refractivity contribution in [3.05, 3.63) is 47.1 Å². The molecule has 0 unspecified atom stereocenters. The van der Waals surface area contributed by atoms with Crippen LogP contribution >= 0.6 is 0 Å². The molecule has 4 heteroatoms. The largest absolute Gasteiger partial charge is 0.338 e. The molecule has 4 rings (SSSR count). The summed E-state index contributed by atoms with van der Waals surface area (Å²) < 4.78 is 5.57. The Bertz CT molecular complexity index is 653. The summed E-state index contributed by atoms with van der Waals surface area (Å²) in [6, 6.07) is 8.59. The standard InChI is InChI=1S/C16H19N3O/c1-11-4-2-5-12(10-11)15(8-9-15)14-18-13(19-20-14)16(17)6-3-7-16/h2,4-5,10H,3,6-9,17H2,1H3. The van der Waals surface area contributed by atoms with E-state index in [1.54, 1.807) is 0 Å². The van der Waals surface area contributed by atoms with Gasteiger partial charge in [-0.2, -0.15) is 4.98 Å². The van der Waals surface area contributed by atoms with E-state index < -0.39 is 0 Å². The van der Waals surface area contributed by atoms with Crippen molar-refractivity contribution in [2.45, 2.75) is 50.0 Å². The Kier molecular flexibility index (Phi) is 2.37. The van der Waals surface area contributed by atoms with Crippen LogP contribution in [0.4, 0.5) is 0 Å². The van der Waals surface area contributed by atoms with Gasteiger partial charge in [-0.1, -0.05) is 35.0 Å². The molecule has 0 spiro atoms. The van der Waals surface area contributed by atoms with E-state index in [4.69, 9.17) is 10.3 Å². The summed E-state index contributed by atoms with van der Waals surface area (Å²) in [4.78, 5) is 4.64. The van der Waals surface area contributed by atoms with E-state index in [-0.39, 0.29) is 11.0 Å². The third-order valence-electron chi connectivity index (χ3n) is 4.85. The number of nitrogens with two attached hydrogens (primary N) is 1. The van der Waals surface area contributed by atoms with Gasteiger partial charge in [-0.25, -0.2) is 0 Å². The summed E-state index contributed by atoms with van der Waals surface area (Å²) >= 11 is 0.